The number of hydrogen-bond donors (Lipinski definition) is 2. The van der Waals surface area contributed by atoms with Crippen LogP contribution in [-0.4, -0.2) is 44.0 Å². The topological polar surface area (TPSA) is 114 Å². The summed E-state index contributed by atoms with van der Waals surface area (Å²) in [5, 5.41) is 2.88. The van der Waals surface area contributed by atoms with Crippen LogP contribution in [-0.2, 0) is 39.1 Å². The van der Waals surface area contributed by atoms with Gasteiger partial charge < -0.3 is 19.7 Å². The number of hydrogen-bond acceptors (Lipinski definition) is 6. The van der Waals surface area contributed by atoms with E-state index >= 15 is 0 Å². The average molecular weight is 582 g/mol. The maximum Gasteiger partial charge on any atom is 0.242 e. The molecule has 0 spiro atoms. The molecule has 1 unspecified atom stereocenters. The van der Waals surface area contributed by atoms with Crippen molar-refractivity contribution in [3.8, 4) is 11.5 Å². The molecule has 0 radical (unpaired) electrons. The van der Waals surface area contributed by atoms with Gasteiger partial charge in [0.25, 0.3) is 0 Å². The molecule has 41 heavy (non-hydrogen) atoms. The summed E-state index contributed by atoms with van der Waals surface area (Å²) < 4.78 is 51.7. The highest BCUT2D eigenvalue weighted by Gasteiger charge is 2.28. The van der Waals surface area contributed by atoms with Gasteiger partial charge >= 0.3 is 0 Å². The molecular formula is C30H32FN3O6S. The van der Waals surface area contributed by atoms with Gasteiger partial charge in [0.15, 0.2) is 11.5 Å². The molecule has 1 atom stereocenters. The smallest absolute Gasteiger partial charge is 0.242 e. The van der Waals surface area contributed by atoms with Crippen LogP contribution >= 0.6 is 0 Å². The summed E-state index contributed by atoms with van der Waals surface area (Å²) in [6.07, 6.45) is 2.17. The molecule has 2 aliphatic rings. The third kappa shape index (κ3) is 7.42. The lowest BCUT2D eigenvalue weighted by molar-refractivity contribution is -0.140. The lowest BCUT2D eigenvalue weighted by atomic mass is 10.1. The fourth-order valence-corrected chi connectivity index (χ4v) is 5.78. The molecule has 216 valence electrons. The summed E-state index contributed by atoms with van der Waals surface area (Å²) in [6, 6.07) is 16.9. The fraction of sp³-hybridized carbons (Fsp3) is 0.333. The molecule has 3 aromatic rings. The van der Waals surface area contributed by atoms with Crippen LogP contribution in [0.15, 0.2) is 71.6 Å². The third-order valence-corrected chi connectivity index (χ3v) is 8.63. The zero-order chi connectivity index (χ0) is 29.0. The number of amides is 2. The van der Waals surface area contributed by atoms with Gasteiger partial charge in [0.05, 0.1) is 4.90 Å². The van der Waals surface area contributed by atoms with Crippen molar-refractivity contribution >= 4 is 21.8 Å². The number of benzene rings is 3. The number of fused-ring (bicyclic) bond motifs is 1. The Hall–Kier alpha value is -3.96. The molecule has 1 heterocycles. The SMILES string of the molecule is CC(C(=O)NCc1ccc2c(c1)OCO2)N(Cc1ccc(F)cc1)C(=O)CCc1ccc(S(=O)(=O)NC2CC2)cc1. The predicted molar refractivity (Wildman–Crippen MR) is 149 cm³/mol. The van der Waals surface area contributed by atoms with Crippen molar-refractivity contribution in [2.24, 2.45) is 0 Å². The summed E-state index contributed by atoms with van der Waals surface area (Å²) in [6.45, 7) is 2.18. The van der Waals surface area contributed by atoms with E-state index in [9.17, 15) is 22.4 Å². The Kier molecular flexibility index (Phi) is 8.55. The van der Waals surface area contributed by atoms with E-state index in [-0.39, 0.29) is 54.9 Å². The van der Waals surface area contributed by atoms with Crippen molar-refractivity contribution in [1.82, 2.24) is 14.9 Å². The van der Waals surface area contributed by atoms with Crippen molar-refractivity contribution < 1.29 is 31.9 Å². The lowest BCUT2D eigenvalue weighted by Gasteiger charge is -2.29. The molecule has 0 saturated heterocycles. The fourth-order valence-electron chi connectivity index (χ4n) is 4.48. The number of nitrogens with one attached hydrogen (secondary N) is 2. The highest BCUT2D eigenvalue weighted by atomic mass is 32.2. The Labute approximate surface area is 238 Å². The largest absolute Gasteiger partial charge is 0.454 e. The van der Waals surface area contributed by atoms with Crippen LogP contribution in [0.25, 0.3) is 0 Å². The number of rotatable bonds is 12. The van der Waals surface area contributed by atoms with Crippen LogP contribution in [0, 0.1) is 5.82 Å². The molecule has 2 N–H and O–H groups in total. The van der Waals surface area contributed by atoms with Gasteiger partial charge in [-0.2, -0.15) is 0 Å². The molecule has 1 aliphatic carbocycles. The van der Waals surface area contributed by atoms with E-state index in [1.807, 2.05) is 6.07 Å². The van der Waals surface area contributed by atoms with Crippen LogP contribution in [0.1, 0.15) is 42.9 Å². The molecule has 3 aromatic carbocycles. The van der Waals surface area contributed by atoms with Gasteiger partial charge in [0.2, 0.25) is 28.6 Å². The number of ether oxygens (including phenoxy) is 2. The summed E-state index contributed by atoms with van der Waals surface area (Å²) in [7, 11) is -3.56. The Balaban J connectivity index is 1.23. The van der Waals surface area contributed by atoms with Crippen molar-refractivity contribution in [3.05, 3.63) is 89.2 Å². The molecule has 2 amide bonds. The van der Waals surface area contributed by atoms with Crippen molar-refractivity contribution in [2.45, 2.75) is 62.7 Å². The Morgan fingerprint density at radius 1 is 0.951 bits per heavy atom. The summed E-state index contributed by atoms with van der Waals surface area (Å²) in [4.78, 5) is 28.2. The first-order chi connectivity index (χ1) is 19.7. The maximum absolute atomic E-state index is 13.5. The molecule has 0 bridgehead atoms. The van der Waals surface area contributed by atoms with Crippen LogP contribution in [0.5, 0.6) is 11.5 Å². The quantitative estimate of drug-likeness (QED) is 0.338. The first-order valence-corrected chi connectivity index (χ1v) is 15.0. The number of halogens is 1. The van der Waals surface area contributed by atoms with Gasteiger partial charge in [-0.05, 0) is 79.3 Å². The minimum absolute atomic E-state index is 0.0144. The number of sulfonamides is 1. The van der Waals surface area contributed by atoms with Crippen molar-refractivity contribution in [3.63, 3.8) is 0 Å². The Morgan fingerprint density at radius 2 is 1.61 bits per heavy atom. The van der Waals surface area contributed by atoms with Gasteiger partial charge in [0.1, 0.15) is 11.9 Å². The van der Waals surface area contributed by atoms with Gasteiger partial charge in [-0.3, -0.25) is 9.59 Å². The van der Waals surface area contributed by atoms with Crippen LogP contribution < -0.4 is 19.5 Å². The van der Waals surface area contributed by atoms with E-state index < -0.39 is 16.1 Å². The number of nitrogens with zero attached hydrogens (tertiary/aromatic N) is 1. The maximum atomic E-state index is 13.5. The molecule has 1 saturated carbocycles. The van der Waals surface area contributed by atoms with Gasteiger partial charge in [-0.25, -0.2) is 17.5 Å². The van der Waals surface area contributed by atoms with E-state index in [1.165, 1.54) is 29.2 Å². The second kappa shape index (κ2) is 12.3. The summed E-state index contributed by atoms with van der Waals surface area (Å²) >= 11 is 0. The number of carbonyl (C=O) groups excluding carboxylic acids is 2. The minimum Gasteiger partial charge on any atom is -0.454 e. The molecule has 0 aromatic heterocycles. The third-order valence-electron chi connectivity index (χ3n) is 7.10. The van der Waals surface area contributed by atoms with Crippen molar-refractivity contribution in [2.75, 3.05) is 6.79 Å². The first-order valence-electron chi connectivity index (χ1n) is 13.5. The molecule has 11 heteroatoms. The number of carbonyl (C=O) groups is 2. The minimum atomic E-state index is -3.56. The lowest BCUT2D eigenvalue weighted by Crippen LogP contribution is -2.47. The van der Waals surface area contributed by atoms with Crippen LogP contribution in [0.4, 0.5) is 4.39 Å². The molecule has 1 fully saturated rings. The normalized spacial score (nSPS) is 14.9. The number of aryl methyl sites for hydroxylation is 1. The Morgan fingerprint density at radius 3 is 2.32 bits per heavy atom. The Bertz CT molecular complexity index is 1510. The zero-order valence-electron chi connectivity index (χ0n) is 22.6. The summed E-state index contributed by atoms with van der Waals surface area (Å²) in [5.74, 6) is 0.278. The van der Waals surface area contributed by atoms with E-state index in [1.54, 1.807) is 43.3 Å². The second-order valence-corrected chi connectivity index (χ2v) is 12.0. The average Bonchev–Trinajstić information content (AvgIpc) is 3.65. The van der Waals surface area contributed by atoms with Crippen LogP contribution in [0.2, 0.25) is 0 Å². The monoisotopic (exact) mass is 581 g/mol. The molecular weight excluding hydrogens is 549 g/mol. The predicted octanol–water partition coefficient (Wildman–Crippen LogP) is 3.66. The van der Waals surface area contributed by atoms with E-state index in [0.29, 0.717) is 23.5 Å². The van der Waals surface area contributed by atoms with E-state index in [4.69, 9.17) is 9.47 Å². The molecule has 5 rings (SSSR count). The first kappa shape index (κ1) is 28.6. The standard InChI is InChI=1S/C30H32FN3O6S/c1-20(30(36)32-17-23-6-14-27-28(16-23)40-19-39-27)34(18-22-2-8-24(31)9-3-22)29(35)15-7-21-4-12-26(13-5-21)41(37,38)33-25-10-11-25/h2-6,8-9,12-14,16,20,25,33H,7,10-11,15,17-19H2,1H3,(H,32,36). The van der Waals surface area contributed by atoms with Gasteiger partial charge in [-0.15, -0.1) is 0 Å². The summed E-state index contributed by atoms with van der Waals surface area (Å²) in [5.41, 5.74) is 2.31. The van der Waals surface area contributed by atoms with Gasteiger partial charge in [-0.1, -0.05) is 30.3 Å². The van der Waals surface area contributed by atoms with Crippen LogP contribution in [0.3, 0.4) is 0 Å². The van der Waals surface area contributed by atoms with Gasteiger partial charge in [0, 0.05) is 25.6 Å². The molecule has 9 nitrogen and oxygen atoms in total. The highest BCUT2D eigenvalue weighted by molar-refractivity contribution is 7.89. The molecule has 1 aliphatic heterocycles. The second-order valence-electron chi connectivity index (χ2n) is 10.3. The van der Waals surface area contributed by atoms with E-state index in [0.717, 1.165) is 24.0 Å². The van der Waals surface area contributed by atoms with E-state index in [2.05, 4.69) is 10.0 Å². The van der Waals surface area contributed by atoms with Crippen molar-refractivity contribution in [1.29, 1.82) is 0 Å². The highest BCUT2D eigenvalue weighted by Crippen LogP contribution is 2.32. The zero-order valence-corrected chi connectivity index (χ0v) is 23.5.